The Hall–Kier alpha value is -1.81. The highest BCUT2D eigenvalue weighted by molar-refractivity contribution is 5.91. The van der Waals surface area contributed by atoms with Crippen LogP contribution < -0.4 is 5.73 Å². The summed E-state index contributed by atoms with van der Waals surface area (Å²) in [5, 5.41) is 10.0. The zero-order valence-electron chi connectivity index (χ0n) is 9.05. The second kappa shape index (κ2) is 3.98. The molecule has 1 atom stereocenters. The first kappa shape index (κ1) is 10.7. The van der Waals surface area contributed by atoms with E-state index in [1.807, 2.05) is 25.1 Å². The van der Waals surface area contributed by atoms with Gasteiger partial charge in [-0.2, -0.15) is 0 Å². The molecular weight excluding hydrogens is 204 g/mol. The van der Waals surface area contributed by atoms with Gasteiger partial charge in [0.25, 0.3) is 0 Å². The third kappa shape index (κ3) is 1.79. The lowest BCUT2D eigenvalue weighted by Crippen LogP contribution is -2.17. The molecule has 1 aromatic heterocycles. The van der Waals surface area contributed by atoms with Gasteiger partial charge in [-0.05, 0) is 25.0 Å². The lowest BCUT2D eigenvalue weighted by molar-refractivity contribution is 0.197. The largest absolute Gasteiger partial charge is 0.464 e. The number of fused-ring (bicyclic) bond motifs is 1. The summed E-state index contributed by atoms with van der Waals surface area (Å²) in [7, 11) is 0. The molecule has 0 fully saturated rings. The molecule has 0 bridgehead atoms. The maximum atomic E-state index is 11.0. The van der Waals surface area contributed by atoms with Crippen molar-refractivity contribution in [2.45, 2.75) is 19.4 Å². The fourth-order valence-electron chi connectivity index (χ4n) is 1.92. The molecule has 0 saturated carbocycles. The first-order valence-corrected chi connectivity index (χ1v) is 5.17. The minimum atomic E-state index is -0.966. The average molecular weight is 218 g/mol. The number of hydrogen-bond acceptors (Lipinski definition) is 2. The molecular formula is C12H14N2O2. The summed E-state index contributed by atoms with van der Waals surface area (Å²) < 4.78 is 1.24. The van der Waals surface area contributed by atoms with Gasteiger partial charge in [0, 0.05) is 17.6 Å². The maximum absolute atomic E-state index is 11.0. The van der Waals surface area contributed by atoms with Crippen LogP contribution in [0.5, 0.6) is 0 Å². The molecule has 3 N–H and O–H groups in total. The summed E-state index contributed by atoms with van der Waals surface area (Å²) in [5.41, 5.74) is 7.44. The van der Waals surface area contributed by atoms with Gasteiger partial charge in [0.15, 0.2) is 0 Å². The topological polar surface area (TPSA) is 68.2 Å². The summed E-state index contributed by atoms with van der Waals surface area (Å²) in [6.07, 6.45) is 1.36. The maximum Gasteiger partial charge on any atom is 0.416 e. The van der Waals surface area contributed by atoms with Gasteiger partial charge in [-0.1, -0.05) is 18.2 Å². The van der Waals surface area contributed by atoms with E-state index in [1.165, 1.54) is 4.57 Å². The number of hydrogen-bond donors (Lipinski definition) is 2. The molecule has 16 heavy (non-hydrogen) atoms. The van der Waals surface area contributed by atoms with Crippen molar-refractivity contribution in [1.29, 1.82) is 0 Å². The smallest absolute Gasteiger partial charge is 0.416 e. The molecule has 0 aliphatic carbocycles. The van der Waals surface area contributed by atoms with E-state index < -0.39 is 6.09 Å². The van der Waals surface area contributed by atoms with Gasteiger partial charge >= 0.3 is 6.09 Å². The van der Waals surface area contributed by atoms with E-state index in [0.717, 1.165) is 10.9 Å². The molecule has 1 aromatic carbocycles. The molecule has 0 aliphatic heterocycles. The van der Waals surface area contributed by atoms with E-state index >= 15 is 0 Å². The molecule has 0 spiro atoms. The van der Waals surface area contributed by atoms with Gasteiger partial charge in [-0.25, -0.2) is 4.79 Å². The van der Waals surface area contributed by atoms with Crippen LogP contribution in [0, 0.1) is 0 Å². The molecule has 1 unspecified atom stereocenters. The molecule has 0 saturated heterocycles. The van der Waals surface area contributed by atoms with Crippen molar-refractivity contribution in [2.75, 3.05) is 0 Å². The minimum Gasteiger partial charge on any atom is -0.464 e. The lowest BCUT2D eigenvalue weighted by Gasteiger charge is -2.02. The number of aromatic nitrogens is 1. The molecule has 84 valence electrons. The minimum absolute atomic E-state index is 0.0213. The van der Waals surface area contributed by atoms with E-state index in [1.54, 1.807) is 12.3 Å². The molecule has 2 rings (SSSR count). The molecule has 2 aromatic rings. The summed E-state index contributed by atoms with van der Waals surface area (Å²) in [5.74, 6) is 0. The molecule has 1 heterocycles. The van der Waals surface area contributed by atoms with E-state index in [4.69, 9.17) is 10.8 Å². The molecule has 4 heteroatoms. The van der Waals surface area contributed by atoms with Gasteiger partial charge in [0.1, 0.15) is 0 Å². The van der Waals surface area contributed by atoms with Crippen molar-refractivity contribution in [1.82, 2.24) is 4.57 Å². The van der Waals surface area contributed by atoms with Crippen molar-refractivity contribution in [3.63, 3.8) is 0 Å². The average Bonchev–Trinajstić information content (AvgIpc) is 2.57. The number of carbonyl (C=O) groups is 1. The third-order valence-electron chi connectivity index (χ3n) is 2.54. The number of para-hydroxylation sites is 1. The van der Waals surface area contributed by atoms with Crippen LogP contribution in [0.4, 0.5) is 4.79 Å². The summed E-state index contributed by atoms with van der Waals surface area (Å²) >= 11 is 0. The van der Waals surface area contributed by atoms with Crippen molar-refractivity contribution in [3.8, 4) is 0 Å². The number of nitrogens with two attached hydrogens (primary N) is 1. The lowest BCUT2D eigenvalue weighted by atomic mass is 10.1. The zero-order valence-corrected chi connectivity index (χ0v) is 9.05. The number of nitrogens with zero attached hydrogens (tertiary/aromatic N) is 1. The van der Waals surface area contributed by atoms with Crippen molar-refractivity contribution in [2.24, 2.45) is 5.73 Å². The third-order valence-corrected chi connectivity index (χ3v) is 2.54. The zero-order chi connectivity index (χ0) is 11.7. The Kier molecular flexibility index (Phi) is 2.66. The Morgan fingerprint density at radius 3 is 2.81 bits per heavy atom. The van der Waals surface area contributed by atoms with E-state index in [9.17, 15) is 4.79 Å². The fourth-order valence-corrected chi connectivity index (χ4v) is 1.92. The summed E-state index contributed by atoms with van der Waals surface area (Å²) in [4.78, 5) is 11.0. The van der Waals surface area contributed by atoms with Crippen LogP contribution in [0.25, 0.3) is 10.9 Å². The predicted molar refractivity (Wildman–Crippen MR) is 62.7 cm³/mol. The molecule has 0 aliphatic rings. The van der Waals surface area contributed by atoms with E-state index in [-0.39, 0.29) is 6.04 Å². The van der Waals surface area contributed by atoms with Crippen molar-refractivity contribution in [3.05, 3.63) is 36.0 Å². The highest BCUT2D eigenvalue weighted by Gasteiger charge is 2.12. The number of rotatable bonds is 2. The Bertz CT molecular complexity index is 529. The fraction of sp³-hybridized carbons (Fsp3) is 0.250. The van der Waals surface area contributed by atoms with Crippen molar-refractivity contribution < 1.29 is 9.90 Å². The number of benzene rings is 1. The Morgan fingerprint density at radius 1 is 1.50 bits per heavy atom. The Labute approximate surface area is 93.3 Å². The van der Waals surface area contributed by atoms with E-state index in [0.29, 0.717) is 11.9 Å². The molecule has 0 amide bonds. The highest BCUT2D eigenvalue weighted by Crippen LogP contribution is 2.22. The van der Waals surface area contributed by atoms with E-state index in [2.05, 4.69) is 0 Å². The standard InChI is InChI=1S/C12H14N2O2/c1-8(13)6-9-7-14(12(15)16)11-5-3-2-4-10(9)11/h2-5,7-8H,6,13H2,1H3,(H,15,16). The molecule has 0 radical (unpaired) electrons. The Balaban J connectivity index is 2.62. The highest BCUT2D eigenvalue weighted by atomic mass is 16.4. The quantitative estimate of drug-likeness (QED) is 0.810. The van der Waals surface area contributed by atoms with Gasteiger partial charge in [0.05, 0.1) is 5.52 Å². The van der Waals surface area contributed by atoms with Crippen LogP contribution in [0.3, 0.4) is 0 Å². The number of carboxylic acid groups (broad SMARTS) is 1. The van der Waals surface area contributed by atoms with Gasteiger partial charge in [-0.15, -0.1) is 0 Å². The van der Waals surface area contributed by atoms with Crippen LogP contribution in [0.15, 0.2) is 30.5 Å². The van der Waals surface area contributed by atoms with Gasteiger partial charge in [-0.3, -0.25) is 4.57 Å². The van der Waals surface area contributed by atoms with Crippen LogP contribution in [0.1, 0.15) is 12.5 Å². The Morgan fingerprint density at radius 2 is 2.19 bits per heavy atom. The summed E-state index contributed by atoms with van der Waals surface area (Å²) in [6, 6.07) is 7.48. The van der Waals surface area contributed by atoms with Gasteiger partial charge < -0.3 is 10.8 Å². The normalized spacial score (nSPS) is 12.9. The predicted octanol–water partition coefficient (Wildman–Crippen LogP) is 2.06. The van der Waals surface area contributed by atoms with Crippen LogP contribution in [-0.4, -0.2) is 21.8 Å². The van der Waals surface area contributed by atoms with Gasteiger partial charge in [0.2, 0.25) is 0 Å². The monoisotopic (exact) mass is 218 g/mol. The molecule has 4 nitrogen and oxygen atoms in total. The second-order valence-electron chi connectivity index (χ2n) is 4.01. The van der Waals surface area contributed by atoms with Crippen LogP contribution in [0.2, 0.25) is 0 Å². The first-order valence-electron chi connectivity index (χ1n) is 5.17. The summed E-state index contributed by atoms with van der Waals surface area (Å²) in [6.45, 7) is 1.91. The van der Waals surface area contributed by atoms with Crippen molar-refractivity contribution >= 4 is 17.0 Å². The SMILES string of the molecule is CC(N)Cc1cn(C(=O)O)c2ccccc12. The van der Waals surface area contributed by atoms with Crippen LogP contribution >= 0.6 is 0 Å². The second-order valence-corrected chi connectivity index (χ2v) is 4.01. The van der Waals surface area contributed by atoms with Crippen LogP contribution in [-0.2, 0) is 6.42 Å². The first-order chi connectivity index (χ1) is 7.59.